The lowest BCUT2D eigenvalue weighted by Gasteiger charge is -1.99. The summed E-state index contributed by atoms with van der Waals surface area (Å²) in [6, 6.07) is 0. The molecule has 0 aliphatic carbocycles. The van der Waals surface area contributed by atoms with E-state index in [1.807, 2.05) is 31.7 Å². The van der Waals surface area contributed by atoms with Gasteiger partial charge in [0.05, 0.1) is 0 Å². The van der Waals surface area contributed by atoms with E-state index in [1.165, 1.54) is 0 Å². The molecular weight excluding hydrogens is 176 g/mol. The first-order chi connectivity index (χ1) is 6.59. The molecule has 3 nitrogen and oxygen atoms in total. The van der Waals surface area contributed by atoms with Crippen LogP contribution in [0.25, 0.3) is 0 Å². The minimum absolute atomic E-state index is 0.174. The second kappa shape index (κ2) is 4.74. The average Bonchev–Trinajstić information content (AvgIpc) is 2.46. The highest BCUT2D eigenvalue weighted by Crippen LogP contribution is 2.01. The zero-order valence-electron chi connectivity index (χ0n) is 8.95. The molecule has 14 heavy (non-hydrogen) atoms. The van der Waals surface area contributed by atoms with Crippen molar-refractivity contribution in [3.05, 3.63) is 29.9 Å². The smallest absolute Gasteiger partial charge is 0.156 e. The lowest BCUT2D eigenvalue weighted by atomic mass is 10.1. The fraction of sp³-hybridized carbons (Fsp3) is 0.455. The maximum atomic E-state index is 11.3. The van der Waals surface area contributed by atoms with Crippen molar-refractivity contribution in [2.45, 2.75) is 26.7 Å². The highest BCUT2D eigenvalue weighted by atomic mass is 16.1. The molecule has 1 aromatic rings. The third-order valence-electron chi connectivity index (χ3n) is 1.97. The molecule has 0 amide bonds. The predicted octanol–water partition coefficient (Wildman–Crippen LogP) is 1.89. The van der Waals surface area contributed by atoms with Crippen molar-refractivity contribution in [1.29, 1.82) is 0 Å². The van der Waals surface area contributed by atoms with Crippen LogP contribution in [0.1, 0.15) is 26.1 Å². The monoisotopic (exact) mass is 192 g/mol. The van der Waals surface area contributed by atoms with Gasteiger partial charge in [-0.1, -0.05) is 5.57 Å². The van der Waals surface area contributed by atoms with Gasteiger partial charge >= 0.3 is 0 Å². The molecule has 0 atom stereocenters. The second-order valence-corrected chi connectivity index (χ2v) is 3.64. The van der Waals surface area contributed by atoms with E-state index in [1.54, 1.807) is 12.3 Å². The summed E-state index contributed by atoms with van der Waals surface area (Å²) < 4.78 is 1.94. The Morgan fingerprint density at radius 2 is 2.29 bits per heavy atom. The van der Waals surface area contributed by atoms with E-state index in [0.29, 0.717) is 12.8 Å². The maximum absolute atomic E-state index is 11.3. The van der Waals surface area contributed by atoms with Crippen LogP contribution in [0.3, 0.4) is 0 Å². The molecule has 0 aromatic carbocycles. The van der Waals surface area contributed by atoms with Crippen LogP contribution in [0.5, 0.6) is 0 Å². The van der Waals surface area contributed by atoms with Crippen LogP contribution in [-0.4, -0.2) is 15.3 Å². The van der Waals surface area contributed by atoms with Crippen molar-refractivity contribution in [1.82, 2.24) is 9.55 Å². The topological polar surface area (TPSA) is 34.9 Å². The largest absolute Gasteiger partial charge is 0.338 e. The van der Waals surface area contributed by atoms with Crippen LogP contribution in [0.4, 0.5) is 0 Å². The number of carbonyl (C=O) groups excluding carboxylic acids is 1. The van der Waals surface area contributed by atoms with E-state index in [2.05, 4.69) is 4.98 Å². The Balaban J connectivity index is 2.46. The van der Waals surface area contributed by atoms with Crippen LogP contribution in [0, 0.1) is 0 Å². The summed E-state index contributed by atoms with van der Waals surface area (Å²) >= 11 is 0. The SMILES string of the molecule is CC(C)=CC(=O)CCc1nccn1C. The molecule has 0 unspecified atom stereocenters. The molecular formula is C11H16N2O. The first kappa shape index (κ1) is 10.7. The molecule has 0 fully saturated rings. The van der Waals surface area contributed by atoms with Crippen molar-refractivity contribution in [2.24, 2.45) is 7.05 Å². The summed E-state index contributed by atoms with van der Waals surface area (Å²) in [6.07, 6.45) is 6.58. The molecule has 0 aliphatic heterocycles. The summed E-state index contributed by atoms with van der Waals surface area (Å²) in [5.74, 6) is 1.13. The Morgan fingerprint density at radius 3 is 2.79 bits per heavy atom. The van der Waals surface area contributed by atoms with Gasteiger partial charge in [0.15, 0.2) is 5.78 Å². The van der Waals surface area contributed by atoms with Gasteiger partial charge < -0.3 is 4.57 Å². The van der Waals surface area contributed by atoms with Gasteiger partial charge in [0, 0.05) is 32.3 Å². The van der Waals surface area contributed by atoms with Crippen LogP contribution >= 0.6 is 0 Å². The van der Waals surface area contributed by atoms with Gasteiger partial charge in [0.25, 0.3) is 0 Å². The molecule has 0 saturated heterocycles. The van der Waals surface area contributed by atoms with Crippen molar-refractivity contribution in [3.63, 3.8) is 0 Å². The van der Waals surface area contributed by atoms with Crippen molar-refractivity contribution < 1.29 is 4.79 Å². The molecule has 1 aromatic heterocycles. The van der Waals surface area contributed by atoms with E-state index in [9.17, 15) is 4.79 Å². The number of ketones is 1. The summed E-state index contributed by atoms with van der Waals surface area (Å²) in [5, 5.41) is 0. The van der Waals surface area contributed by atoms with E-state index in [-0.39, 0.29) is 5.78 Å². The quantitative estimate of drug-likeness (QED) is 0.683. The van der Waals surface area contributed by atoms with Crippen LogP contribution in [0.15, 0.2) is 24.0 Å². The summed E-state index contributed by atoms with van der Waals surface area (Å²) in [5.41, 5.74) is 1.05. The number of aromatic nitrogens is 2. The predicted molar refractivity (Wildman–Crippen MR) is 56.0 cm³/mol. The Bertz CT molecular complexity index is 346. The second-order valence-electron chi connectivity index (χ2n) is 3.64. The highest BCUT2D eigenvalue weighted by Gasteiger charge is 2.02. The van der Waals surface area contributed by atoms with E-state index < -0.39 is 0 Å². The molecule has 0 aliphatic rings. The first-order valence-electron chi connectivity index (χ1n) is 4.73. The standard InChI is InChI=1S/C11H16N2O/c1-9(2)8-10(14)4-5-11-12-6-7-13(11)3/h6-8H,4-5H2,1-3H3. The third-order valence-corrected chi connectivity index (χ3v) is 1.97. The van der Waals surface area contributed by atoms with E-state index >= 15 is 0 Å². The number of aryl methyl sites for hydroxylation is 2. The molecule has 3 heteroatoms. The number of allylic oxidation sites excluding steroid dienone is 2. The minimum Gasteiger partial charge on any atom is -0.338 e. The Labute approximate surface area is 84.5 Å². The first-order valence-corrected chi connectivity index (χ1v) is 4.73. The van der Waals surface area contributed by atoms with Gasteiger partial charge in [0.1, 0.15) is 5.82 Å². The van der Waals surface area contributed by atoms with Crippen molar-refractivity contribution in [3.8, 4) is 0 Å². The Morgan fingerprint density at radius 1 is 1.57 bits per heavy atom. The molecule has 76 valence electrons. The third kappa shape index (κ3) is 3.17. The highest BCUT2D eigenvalue weighted by molar-refractivity contribution is 5.90. The van der Waals surface area contributed by atoms with Crippen LogP contribution < -0.4 is 0 Å². The maximum Gasteiger partial charge on any atom is 0.156 e. The number of rotatable bonds is 4. The summed E-state index contributed by atoms with van der Waals surface area (Å²) in [6.45, 7) is 3.86. The number of nitrogens with zero attached hydrogens (tertiary/aromatic N) is 2. The number of hydrogen-bond donors (Lipinski definition) is 0. The number of imidazole rings is 1. The van der Waals surface area contributed by atoms with E-state index in [4.69, 9.17) is 0 Å². The van der Waals surface area contributed by atoms with Gasteiger partial charge in [-0.3, -0.25) is 4.79 Å². The lowest BCUT2D eigenvalue weighted by Crippen LogP contribution is -2.02. The molecule has 1 heterocycles. The fourth-order valence-electron chi connectivity index (χ4n) is 1.27. The summed E-state index contributed by atoms with van der Waals surface area (Å²) in [4.78, 5) is 15.5. The average molecular weight is 192 g/mol. The molecule has 0 saturated carbocycles. The fourth-order valence-corrected chi connectivity index (χ4v) is 1.27. The molecule has 1 rings (SSSR count). The van der Waals surface area contributed by atoms with Gasteiger partial charge in [-0.2, -0.15) is 0 Å². The zero-order chi connectivity index (χ0) is 10.6. The lowest BCUT2D eigenvalue weighted by molar-refractivity contribution is -0.114. The number of carbonyl (C=O) groups is 1. The van der Waals surface area contributed by atoms with Gasteiger partial charge in [0.2, 0.25) is 0 Å². The molecule has 0 bridgehead atoms. The normalized spacial score (nSPS) is 9.93. The Kier molecular flexibility index (Phi) is 3.63. The Hall–Kier alpha value is -1.38. The molecule has 0 radical (unpaired) electrons. The van der Waals surface area contributed by atoms with Gasteiger partial charge in [-0.25, -0.2) is 4.98 Å². The van der Waals surface area contributed by atoms with Crippen LogP contribution in [-0.2, 0) is 18.3 Å². The van der Waals surface area contributed by atoms with E-state index in [0.717, 1.165) is 11.4 Å². The van der Waals surface area contributed by atoms with Gasteiger partial charge in [-0.05, 0) is 19.9 Å². The van der Waals surface area contributed by atoms with Gasteiger partial charge in [-0.15, -0.1) is 0 Å². The summed E-state index contributed by atoms with van der Waals surface area (Å²) in [7, 11) is 1.94. The van der Waals surface area contributed by atoms with Crippen LogP contribution in [0.2, 0.25) is 0 Å². The minimum atomic E-state index is 0.174. The molecule has 0 N–H and O–H groups in total. The zero-order valence-corrected chi connectivity index (χ0v) is 8.95. The number of hydrogen-bond acceptors (Lipinski definition) is 2. The van der Waals surface area contributed by atoms with Crippen molar-refractivity contribution in [2.75, 3.05) is 0 Å². The molecule has 0 spiro atoms. The van der Waals surface area contributed by atoms with Crippen molar-refractivity contribution >= 4 is 5.78 Å².